The fraction of sp³-hybridized carbons (Fsp3) is 0.250. The molecule has 0 fully saturated rings. The van der Waals surface area contributed by atoms with Gasteiger partial charge in [-0.15, -0.1) is 0 Å². The van der Waals surface area contributed by atoms with Crippen LogP contribution in [0.15, 0.2) is 54.6 Å². The molecule has 0 spiro atoms. The SMILES string of the molecule is COc1cc(C(=O)N[C@H]2CN(C(=O)CO)c3ccccc3N(CC(=O)N[C@H](C=O)CC(=O)O)C2=O)nc2ccccc12. The summed E-state index contributed by atoms with van der Waals surface area (Å²) >= 11 is 0. The Morgan fingerprint density at radius 2 is 1.81 bits per heavy atom. The molecule has 218 valence electrons. The monoisotopic (exact) mass is 577 g/mol. The largest absolute Gasteiger partial charge is 0.496 e. The summed E-state index contributed by atoms with van der Waals surface area (Å²) in [6.45, 7) is -1.96. The zero-order valence-electron chi connectivity index (χ0n) is 22.4. The van der Waals surface area contributed by atoms with Crippen molar-refractivity contribution in [2.24, 2.45) is 0 Å². The average molecular weight is 578 g/mol. The van der Waals surface area contributed by atoms with Gasteiger partial charge in [-0.05, 0) is 24.3 Å². The van der Waals surface area contributed by atoms with E-state index in [0.717, 1.165) is 9.80 Å². The lowest BCUT2D eigenvalue weighted by molar-refractivity contribution is -0.139. The smallest absolute Gasteiger partial charge is 0.305 e. The van der Waals surface area contributed by atoms with Gasteiger partial charge in [-0.3, -0.25) is 28.9 Å². The van der Waals surface area contributed by atoms with Gasteiger partial charge in [-0.25, -0.2) is 4.98 Å². The van der Waals surface area contributed by atoms with Gasteiger partial charge in [0.2, 0.25) is 5.91 Å². The Balaban J connectivity index is 1.69. The molecule has 0 radical (unpaired) electrons. The Morgan fingerprint density at radius 1 is 1.12 bits per heavy atom. The highest BCUT2D eigenvalue weighted by Gasteiger charge is 2.38. The van der Waals surface area contributed by atoms with Crippen molar-refractivity contribution in [3.63, 3.8) is 0 Å². The molecule has 0 saturated heterocycles. The molecule has 1 aromatic heterocycles. The number of carbonyl (C=O) groups excluding carboxylic acids is 5. The summed E-state index contributed by atoms with van der Waals surface area (Å²) in [6.07, 6.45) is -0.404. The highest BCUT2D eigenvalue weighted by atomic mass is 16.5. The van der Waals surface area contributed by atoms with Crippen LogP contribution in [0.5, 0.6) is 5.75 Å². The molecule has 2 aromatic carbocycles. The van der Waals surface area contributed by atoms with Crippen LogP contribution in [0.2, 0.25) is 0 Å². The zero-order valence-corrected chi connectivity index (χ0v) is 22.4. The molecule has 0 aliphatic carbocycles. The van der Waals surface area contributed by atoms with Gasteiger partial charge in [0.05, 0.1) is 43.0 Å². The Labute approximate surface area is 238 Å². The lowest BCUT2D eigenvalue weighted by Gasteiger charge is -2.25. The second-order valence-electron chi connectivity index (χ2n) is 9.24. The van der Waals surface area contributed by atoms with E-state index in [1.807, 2.05) is 0 Å². The molecule has 0 saturated carbocycles. The molecular weight excluding hydrogens is 550 g/mol. The van der Waals surface area contributed by atoms with E-state index in [1.165, 1.54) is 25.3 Å². The quantitative estimate of drug-likeness (QED) is 0.236. The van der Waals surface area contributed by atoms with Crippen molar-refractivity contribution in [1.29, 1.82) is 0 Å². The van der Waals surface area contributed by atoms with E-state index >= 15 is 0 Å². The van der Waals surface area contributed by atoms with Gasteiger partial charge in [0.25, 0.3) is 17.7 Å². The lowest BCUT2D eigenvalue weighted by atomic mass is 10.1. The first kappa shape index (κ1) is 29.6. The predicted molar refractivity (Wildman–Crippen MR) is 148 cm³/mol. The van der Waals surface area contributed by atoms with Gasteiger partial charge in [0.15, 0.2) is 0 Å². The number of nitrogens with one attached hydrogen (secondary N) is 2. The predicted octanol–water partition coefficient (Wildman–Crippen LogP) is -0.128. The number of anilines is 2. The number of aldehydes is 1. The van der Waals surface area contributed by atoms with Crippen molar-refractivity contribution < 1.29 is 43.7 Å². The Bertz CT molecular complexity index is 1560. The van der Waals surface area contributed by atoms with Gasteiger partial charge < -0.3 is 35.3 Å². The van der Waals surface area contributed by atoms with Crippen molar-refractivity contribution in [2.75, 3.05) is 36.6 Å². The first-order valence-electron chi connectivity index (χ1n) is 12.7. The molecule has 14 heteroatoms. The molecule has 0 bridgehead atoms. The van der Waals surface area contributed by atoms with Crippen LogP contribution in [0.4, 0.5) is 11.4 Å². The third-order valence-electron chi connectivity index (χ3n) is 6.47. The summed E-state index contributed by atoms with van der Waals surface area (Å²) in [7, 11) is 1.43. The van der Waals surface area contributed by atoms with Crippen LogP contribution >= 0.6 is 0 Å². The topological polar surface area (TPSA) is 196 Å². The molecule has 4 rings (SSSR count). The number of aliphatic carboxylic acids is 1. The molecule has 1 aliphatic heterocycles. The molecule has 2 heterocycles. The van der Waals surface area contributed by atoms with E-state index in [1.54, 1.807) is 36.4 Å². The van der Waals surface area contributed by atoms with E-state index in [0.29, 0.717) is 16.7 Å². The number of benzene rings is 2. The van der Waals surface area contributed by atoms with Crippen molar-refractivity contribution in [2.45, 2.75) is 18.5 Å². The number of hydrogen-bond donors (Lipinski definition) is 4. The standard InChI is InChI=1S/C28H27N5O9/c1-42-23-11-19(30-18-7-3-2-6-17(18)23)27(40)31-20-12-32(25(37)15-35)21-8-4-5-9-22(21)33(28(20)41)13-24(36)29-16(14-34)10-26(38)39/h2-9,11,14,16,20,35H,10,12-13,15H2,1H3,(H,29,36)(H,31,40)(H,38,39)/t16-,20-/m0/s1. The Hall–Kier alpha value is -5.37. The number of carbonyl (C=O) groups is 6. The van der Waals surface area contributed by atoms with E-state index in [9.17, 15) is 33.9 Å². The average Bonchev–Trinajstić information content (AvgIpc) is 3.10. The molecule has 2 atom stereocenters. The first-order chi connectivity index (χ1) is 20.2. The molecular formula is C28H27N5O9. The van der Waals surface area contributed by atoms with Crippen LogP contribution in [0.1, 0.15) is 16.9 Å². The molecule has 42 heavy (non-hydrogen) atoms. The second kappa shape index (κ2) is 12.9. The number of para-hydroxylation sites is 3. The number of rotatable bonds is 10. The summed E-state index contributed by atoms with van der Waals surface area (Å²) in [4.78, 5) is 81.7. The third-order valence-corrected chi connectivity index (χ3v) is 6.47. The van der Waals surface area contributed by atoms with Crippen LogP contribution in [0, 0.1) is 0 Å². The maximum absolute atomic E-state index is 13.9. The van der Waals surface area contributed by atoms with E-state index in [4.69, 9.17) is 9.84 Å². The summed E-state index contributed by atoms with van der Waals surface area (Å²) in [5.41, 5.74) is 0.676. The van der Waals surface area contributed by atoms with E-state index in [2.05, 4.69) is 15.6 Å². The minimum atomic E-state index is -1.41. The van der Waals surface area contributed by atoms with Crippen LogP contribution in [-0.2, 0) is 24.0 Å². The number of pyridine rings is 1. The van der Waals surface area contributed by atoms with Gasteiger partial charge in [0.1, 0.15) is 36.9 Å². The number of aromatic nitrogens is 1. The highest BCUT2D eigenvalue weighted by Crippen LogP contribution is 2.33. The van der Waals surface area contributed by atoms with E-state index < -0.39 is 61.3 Å². The van der Waals surface area contributed by atoms with Gasteiger partial charge in [-0.1, -0.05) is 24.3 Å². The van der Waals surface area contributed by atoms with Gasteiger partial charge >= 0.3 is 5.97 Å². The van der Waals surface area contributed by atoms with Crippen LogP contribution < -0.4 is 25.2 Å². The molecule has 3 aromatic rings. The number of carboxylic acid groups (broad SMARTS) is 1. The maximum Gasteiger partial charge on any atom is 0.305 e. The van der Waals surface area contributed by atoms with Crippen molar-refractivity contribution in [1.82, 2.24) is 15.6 Å². The summed E-state index contributed by atoms with van der Waals surface area (Å²) in [5, 5.41) is 24.1. The number of ether oxygens (including phenoxy) is 1. The number of methoxy groups -OCH3 is 1. The highest BCUT2D eigenvalue weighted by molar-refractivity contribution is 6.11. The Kier molecular flexibility index (Phi) is 9.07. The minimum Gasteiger partial charge on any atom is -0.496 e. The Morgan fingerprint density at radius 3 is 2.48 bits per heavy atom. The molecule has 14 nitrogen and oxygen atoms in total. The summed E-state index contributed by atoms with van der Waals surface area (Å²) in [5.74, 6) is -4.13. The summed E-state index contributed by atoms with van der Waals surface area (Å²) < 4.78 is 5.40. The second-order valence-corrected chi connectivity index (χ2v) is 9.24. The number of hydrogen-bond acceptors (Lipinski definition) is 9. The number of nitrogens with zero attached hydrogens (tertiary/aromatic N) is 3. The number of aliphatic hydroxyl groups excluding tert-OH is 1. The first-order valence-corrected chi connectivity index (χ1v) is 12.7. The molecule has 0 unspecified atom stereocenters. The lowest BCUT2D eigenvalue weighted by Crippen LogP contribution is -2.55. The normalized spacial score (nSPS) is 15.3. The molecule has 4 N–H and O–H groups in total. The third kappa shape index (κ3) is 6.33. The molecule has 1 aliphatic rings. The minimum absolute atomic E-state index is 0.0769. The van der Waals surface area contributed by atoms with Gasteiger partial charge in [-0.2, -0.15) is 0 Å². The van der Waals surface area contributed by atoms with Crippen LogP contribution in [0.3, 0.4) is 0 Å². The van der Waals surface area contributed by atoms with Crippen LogP contribution in [-0.4, -0.2) is 90.0 Å². The zero-order chi connectivity index (χ0) is 30.4. The number of aliphatic hydroxyl groups is 1. The molecule has 4 amide bonds. The van der Waals surface area contributed by atoms with Crippen molar-refractivity contribution in [3.8, 4) is 5.75 Å². The van der Waals surface area contributed by atoms with Crippen molar-refractivity contribution in [3.05, 3.63) is 60.3 Å². The number of carboxylic acids is 1. The fourth-order valence-electron chi connectivity index (χ4n) is 4.56. The fourth-order valence-corrected chi connectivity index (χ4v) is 4.56. The van der Waals surface area contributed by atoms with E-state index in [-0.39, 0.29) is 29.9 Å². The van der Waals surface area contributed by atoms with Crippen LogP contribution in [0.25, 0.3) is 10.9 Å². The van der Waals surface area contributed by atoms with Gasteiger partial charge in [0, 0.05) is 11.5 Å². The van der Waals surface area contributed by atoms with Crippen molar-refractivity contribution >= 4 is 58.2 Å². The number of fused-ring (bicyclic) bond motifs is 2. The number of amides is 4. The maximum atomic E-state index is 13.9. The summed E-state index contributed by atoms with van der Waals surface area (Å²) in [6, 6.07) is 11.7.